The lowest BCUT2D eigenvalue weighted by atomic mass is 10.2. The van der Waals surface area contributed by atoms with Crippen LogP contribution in [-0.2, 0) is 12.8 Å². The van der Waals surface area contributed by atoms with Crippen LogP contribution in [0.5, 0.6) is 5.75 Å². The smallest absolute Gasteiger partial charge is 0.165 e. The van der Waals surface area contributed by atoms with Gasteiger partial charge in [-0.25, -0.2) is 9.37 Å². The molecule has 108 valence electrons. The Morgan fingerprint density at radius 3 is 2.75 bits per heavy atom. The second-order valence-corrected chi connectivity index (χ2v) is 5.70. The van der Waals surface area contributed by atoms with Crippen LogP contribution in [-0.4, -0.2) is 11.6 Å². The van der Waals surface area contributed by atoms with Crippen LogP contribution in [0, 0.1) is 5.82 Å². The molecule has 1 unspecified atom stereocenters. The van der Waals surface area contributed by atoms with Crippen molar-refractivity contribution >= 4 is 11.3 Å². The van der Waals surface area contributed by atoms with Crippen LogP contribution in [0.3, 0.4) is 0 Å². The molecule has 1 heterocycles. The molecule has 1 atom stereocenters. The van der Waals surface area contributed by atoms with Gasteiger partial charge in [0.2, 0.25) is 0 Å². The molecule has 5 heteroatoms. The first kappa shape index (κ1) is 14.9. The molecule has 0 amide bonds. The summed E-state index contributed by atoms with van der Waals surface area (Å²) in [4.78, 5) is 5.70. The number of rotatable bonds is 6. The summed E-state index contributed by atoms with van der Waals surface area (Å²) in [5, 5.41) is 0.991. The molecule has 0 fully saturated rings. The minimum atomic E-state index is -0.336. The van der Waals surface area contributed by atoms with Gasteiger partial charge in [-0.3, -0.25) is 0 Å². The molecular formula is C15H19FN2OS. The van der Waals surface area contributed by atoms with Crippen molar-refractivity contribution in [3.63, 3.8) is 0 Å². The summed E-state index contributed by atoms with van der Waals surface area (Å²) >= 11 is 1.62. The zero-order chi connectivity index (χ0) is 14.5. The monoisotopic (exact) mass is 294 g/mol. The van der Waals surface area contributed by atoms with E-state index in [4.69, 9.17) is 10.5 Å². The molecule has 2 N–H and O–H groups in total. The second kappa shape index (κ2) is 6.81. The predicted octanol–water partition coefficient (Wildman–Crippen LogP) is 3.49. The highest BCUT2D eigenvalue weighted by molar-refractivity contribution is 7.11. The van der Waals surface area contributed by atoms with E-state index in [1.165, 1.54) is 6.07 Å². The predicted molar refractivity (Wildman–Crippen MR) is 79.7 cm³/mol. The summed E-state index contributed by atoms with van der Waals surface area (Å²) in [6.45, 7) is 4.45. The zero-order valence-electron chi connectivity index (χ0n) is 11.7. The fraction of sp³-hybridized carbons (Fsp3) is 0.400. The van der Waals surface area contributed by atoms with E-state index in [9.17, 15) is 4.39 Å². The Hall–Kier alpha value is -1.46. The summed E-state index contributed by atoms with van der Waals surface area (Å²) in [7, 11) is 0. The Kier molecular flexibility index (Phi) is 5.09. The highest BCUT2D eigenvalue weighted by Gasteiger charge is 2.13. The number of halogens is 1. The van der Waals surface area contributed by atoms with E-state index in [1.807, 2.05) is 6.92 Å². The largest absolute Gasteiger partial charge is 0.490 e. The van der Waals surface area contributed by atoms with Gasteiger partial charge in [-0.15, -0.1) is 11.3 Å². The third-order valence-corrected chi connectivity index (χ3v) is 4.29. The lowest BCUT2D eigenvalue weighted by molar-refractivity contribution is 0.305. The quantitative estimate of drug-likeness (QED) is 0.887. The van der Waals surface area contributed by atoms with Crippen molar-refractivity contribution in [3.05, 3.63) is 45.7 Å². The molecule has 1 aromatic carbocycles. The highest BCUT2D eigenvalue weighted by atomic mass is 32.1. The number of hydrogen-bond acceptors (Lipinski definition) is 4. The molecule has 3 nitrogen and oxygen atoms in total. The Bertz CT molecular complexity index is 569. The molecule has 1 aromatic heterocycles. The summed E-state index contributed by atoms with van der Waals surface area (Å²) in [5.74, 6) is -0.0515. The van der Waals surface area contributed by atoms with Crippen LogP contribution in [0.4, 0.5) is 4.39 Å². The van der Waals surface area contributed by atoms with E-state index in [1.54, 1.807) is 29.5 Å². The summed E-state index contributed by atoms with van der Waals surface area (Å²) in [5.41, 5.74) is 6.99. The fourth-order valence-corrected chi connectivity index (χ4v) is 3.03. The summed E-state index contributed by atoms with van der Waals surface area (Å²) in [6, 6.07) is 6.42. The Labute approximate surface area is 122 Å². The van der Waals surface area contributed by atoms with Crippen molar-refractivity contribution in [2.75, 3.05) is 6.61 Å². The molecule has 0 bridgehead atoms. The van der Waals surface area contributed by atoms with E-state index in [2.05, 4.69) is 11.9 Å². The van der Waals surface area contributed by atoms with Gasteiger partial charge in [0.1, 0.15) is 0 Å². The molecule has 0 saturated carbocycles. The third kappa shape index (κ3) is 3.55. The fourth-order valence-electron chi connectivity index (χ4n) is 1.94. The Morgan fingerprint density at radius 2 is 2.15 bits per heavy atom. The normalized spacial score (nSPS) is 12.4. The van der Waals surface area contributed by atoms with Gasteiger partial charge in [0, 0.05) is 17.3 Å². The van der Waals surface area contributed by atoms with E-state index in [0.29, 0.717) is 13.0 Å². The van der Waals surface area contributed by atoms with E-state index >= 15 is 0 Å². The first-order valence-corrected chi connectivity index (χ1v) is 7.54. The third-order valence-electron chi connectivity index (χ3n) is 2.93. The molecule has 0 aliphatic rings. The molecule has 0 aliphatic heterocycles. The lowest BCUT2D eigenvalue weighted by Gasteiger charge is -2.05. The molecule has 0 saturated heterocycles. The number of nitrogens with zero attached hydrogens (tertiary/aromatic N) is 1. The first-order chi connectivity index (χ1) is 9.61. The molecule has 0 aliphatic carbocycles. The van der Waals surface area contributed by atoms with E-state index in [-0.39, 0.29) is 17.6 Å². The number of ether oxygens (including phenoxy) is 1. The van der Waals surface area contributed by atoms with Crippen LogP contribution in [0.1, 0.15) is 35.5 Å². The zero-order valence-corrected chi connectivity index (χ0v) is 12.5. The number of aromatic nitrogens is 1. The van der Waals surface area contributed by atoms with Gasteiger partial charge >= 0.3 is 0 Å². The van der Waals surface area contributed by atoms with Crippen LogP contribution in [0.15, 0.2) is 24.3 Å². The van der Waals surface area contributed by atoms with Crippen molar-refractivity contribution in [1.82, 2.24) is 4.98 Å². The number of hydrogen-bond donors (Lipinski definition) is 1. The van der Waals surface area contributed by atoms with Crippen molar-refractivity contribution < 1.29 is 9.13 Å². The lowest BCUT2D eigenvalue weighted by Crippen LogP contribution is -2.05. The van der Waals surface area contributed by atoms with Gasteiger partial charge in [0.25, 0.3) is 0 Å². The van der Waals surface area contributed by atoms with Gasteiger partial charge in [-0.1, -0.05) is 19.1 Å². The highest BCUT2D eigenvalue weighted by Crippen LogP contribution is 2.25. The van der Waals surface area contributed by atoms with Crippen molar-refractivity contribution in [1.29, 1.82) is 0 Å². The average molecular weight is 294 g/mol. The van der Waals surface area contributed by atoms with Gasteiger partial charge in [0.05, 0.1) is 17.3 Å². The number of nitrogens with two attached hydrogens (primary N) is 1. The van der Waals surface area contributed by atoms with Gasteiger partial charge in [0.15, 0.2) is 11.6 Å². The molecule has 2 aromatic rings. The topological polar surface area (TPSA) is 48.1 Å². The number of para-hydroxylation sites is 1. The molecular weight excluding hydrogens is 275 g/mol. The standard InChI is InChI=1S/C15H19FN2OS/c1-3-12-15(10(2)17)20-14(18-12)8-9-19-13-7-5-4-6-11(13)16/h4-7,10H,3,8-9,17H2,1-2H3. The van der Waals surface area contributed by atoms with Crippen LogP contribution < -0.4 is 10.5 Å². The van der Waals surface area contributed by atoms with Crippen molar-refractivity contribution in [2.24, 2.45) is 5.73 Å². The van der Waals surface area contributed by atoms with Crippen LogP contribution >= 0.6 is 11.3 Å². The SMILES string of the molecule is CCc1nc(CCOc2ccccc2F)sc1C(C)N. The molecule has 0 spiro atoms. The van der Waals surface area contributed by atoms with Gasteiger partial charge in [-0.2, -0.15) is 0 Å². The van der Waals surface area contributed by atoms with Gasteiger partial charge in [-0.05, 0) is 25.5 Å². The number of thiazole rings is 1. The Balaban J connectivity index is 1.96. The summed E-state index contributed by atoms with van der Waals surface area (Å²) in [6.07, 6.45) is 1.54. The maximum atomic E-state index is 13.4. The maximum Gasteiger partial charge on any atom is 0.165 e. The molecule has 2 rings (SSSR count). The van der Waals surface area contributed by atoms with Gasteiger partial charge < -0.3 is 10.5 Å². The maximum absolute atomic E-state index is 13.4. The number of benzene rings is 1. The average Bonchev–Trinajstić information content (AvgIpc) is 2.84. The first-order valence-electron chi connectivity index (χ1n) is 6.73. The van der Waals surface area contributed by atoms with E-state index < -0.39 is 0 Å². The van der Waals surface area contributed by atoms with E-state index in [0.717, 1.165) is 22.0 Å². The minimum absolute atomic E-state index is 0.00341. The van der Waals surface area contributed by atoms with Crippen molar-refractivity contribution in [2.45, 2.75) is 32.7 Å². The number of aryl methyl sites for hydroxylation is 1. The van der Waals surface area contributed by atoms with Crippen LogP contribution in [0.2, 0.25) is 0 Å². The molecule has 0 radical (unpaired) electrons. The minimum Gasteiger partial charge on any atom is -0.490 e. The summed E-state index contributed by atoms with van der Waals surface area (Å²) < 4.78 is 18.8. The second-order valence-electron chi connectivity index (χ2n) is 4.59. The van der Waals surface area contributed by atoms with Crippen LogP contribution in [0.25, 0.3) is 0 Å². The van der Waals surface area contributed by atoms with Crippen molar-refractivity contribution in [3.8, 4) is 5.75 Å². The Morgan fingerprint density at radius 1 is 1.40 bits per heavy atom. The molecule has 20 heavy (non-hydrogen) atoms.